The molecule has 2 aromatic rings. The van der Waals surface area contributed by atoms with Crippen molar-refractivity contribution >= 4 is 23.0 Å². The predicted molar refractivity (Wildman–Crippen MR) is 71.7 cm³/mol. The van der Waals surface area contributed by atoms with Crippen molar-refractivity contribution in [2.45, 2.75) is 6.54 Å². The Kier molecular flexibility index (Phi) is 4.32. The van der Waals surface area contributed by atoms with Gasteiger partial charge in [-0.05, 0) is 11.6 Å². The molecule has 4 nitrogen and oxygen atoms in total. The number of benzene rings is 2. The van der Waals surface area contributed by atoms with Crippen LogP contribution < -0.4 is 5.32 Å². The van der Waals surface area contributed by atoms with Crippen LogP contribution in [0.3, 0.4) is 0 Å². The third kappa shape index (κ3) is 3.43. The number of nitrogens with one attached hydrogen (secondary N) is 1. The van der Waals surface area contributed by atoms with E-state index in [4.69, 9.17) is 11.6 Å². The Morgan fingerprint density at radius 3 is 2.29 bits per heavy atom. The molecule has 0 fully saturated rings. The van der Waals surface area contributed by atoms with Gasteiger partial charge in [0.1, 0.15) is 11.5 Å². The van der Waals surface area contributed by atoms with E-state index in [0.29, 0.717) is 17.7 Å². The SMILES string of the molecule is O=[N+]([O-])c1ccc(CNc2c(F)cc(F)cc2F)c(Cl)c1. The molecule has 0 aliphatic rings. The van der Waals surface area contributed by atoms with Crippen molar-refractivity contribution in [1.82, 2.24) is 0 Å². The second kappa shape index (κ2) is 6.01. The standard InChI is InChI=1S/C13H8ClF3N2O2/c14-10-5-9(19(20)21)2-1-7(10)6-18-13-11(16)3-8(15)4-12(13)17/h1-5,18H,6H2. The third-order valence-corrected chi connectivity index (χ3v) is 3.06. The van der Waals surface area contributed by atoms with Crippen LogP contribution in [0.2, 0.25) is 5.02 Å². The molecule has 0 amide bonds. The first-order valence-corrected chi connectivity index (χ1v) is 6.07. The summed E-state index contributed by atoms with van der Waals surface area (Å²) in [6.45, 7) is -0.0731. The molecule has 21 heavy (non-hydrogen) atoms. The molecule has 0 saturated heterocycles. The summed E-state index contributed by atoms with van der Waals surface area (Å²) in [5.74, 6) is -3.18. The highest BCUT2D eigenvalue weighted by molar-refractivity contribution is 6.31. The number of non-ortho nitro benzene ring substituents is 1. The fourth-order valence-corrected chi connectivity index (χ4v) is 1.93. The van der Waals surface area contributed by atoms with Crippen LogP contribution in [0, 0.1) is 27.6 Å². The largest absolute Gasteiger partial charge is 0.376 e. The van der Waals surface area contributed by atoms with E-state index in [9.17, 15) is 23.3 Å². The van der Waals surface area contributed by atoms with Crippen molar-refractivity contribution in [3.63, 3.8) is 0 Å². The lowest BCUT2D eigenvalue weighted by molar-refractivity contribution is -0.384. The average molecular weight is 317 g/mol. The second-order valence-electron chi connectivity index (χ2n) is 4.13. The summed E-state index contributed by atoms with van der Waals surface area (Å²) < 4.78 is 39.6. The Morgan fingerprint density at radius 2 is 1.76 bits per heavy atom. The first-order valence-electron chi connectivity index (χ1n) is 5.69. The van der Waals surface area contributed by atoms with E-state index >= 15 is 0 Å². The van der Waals surface area contributed by atoms with Crippen LogP contribution in [0.5, 0.6) is 0 Å². The first-order chi connectivity index (χ1) is 9.88. The topological polar surface area (TPSA) is 55.2 Å². The number of rotatable bonds is 4. The van der Waals surface area contributed by atoms with Crippen LogP contribution in [0.15, 0.2) is 30.3 Å². The van der Waals surface area contributed by atoms with E-state index in [-0.39, 0.29) is 17.3 Å². The zero-order chi connectivity index (χ0) is 15.6. The van der Waals surface area contributed by atoms with Crippen molar-refractivity contribution in [3.05, 3.63) is 68.5 Å². The molecule has 0 aliphatic heterocycles. The van der Waals surface area contributed by atoms with E-state index in [1.54, 1.807) is 0 Å². The monoisotopic (exact) mass is 316 g/mol. The van der Waals surface area contributed by atoms with E-state index in [1.807, 2.05) is 0 Å². The van der Waals surface area contributed by atoms with E-state index in [2.05, 4.69) is 5.32 Å². The molecule has 0 unspecified atom stereocenters. The number of halogens is 4. The molecule has 0 aromatic heterocycles. The van der Waals surface area contributed by atoms with E-state index in [0.717, 1.165) is 6.07 Å². The van der Waals surface area contributed by atoms with Gasteiger partial charge < -0.3 is 5.32 Å². The molecular weight excluding hydrogens is 309 g/mol. The van der Waals surface area contributed by atoms with Gasteiger partial charge in [0.15, 0.2) is 11.6 Å². The Balaban J connectivity index is 2.19. The van der Waals surface area contributed by atoms with Gasteiger partial charge in [0.05, 0.1) is 9.95 Å². The van der Waals surface area contributed by atoms with Crippen molar-refractivity contribution in [3.8, 4) is 0 Å². The molecule has 110 valence electrons. The van der Waals surface area contributed by atoms with Gasteiger partial charge in [0, 0.05) is 30.8 Å². The zero-order valence-electron chi connectivity index (χ0n) is 10.4. The second-order valence-corrected chi connectivity index (χ2v) is 4.54. The number of hydrogen-bond donors (Lipinski definition) is 1. The fraction of sp³-hybridized carbons (Fsp3) is 0.0769. The number of nitro benzene ring substituents is 1. The number of anilines is 1. The highest BCUT2D eigenvalue weighted by atomic mass is 35.5. The lowest BCUT2D eigenvalue weighted by atomic mass is 10.2. The molecule has 0 spiro atoms. The van der Waals surface area contributed by atoms with Gasteiger partial charge in [0.25, 0.3) is 5.69 Å². The molecule has 0 bridgehead atoms. The minimum atomic E-state index is -1.08. The van der Waals surface area contributed by atoms with Crippen molar-refractivity contribution in [1.29, 1.82) is 0 Å². The predicted octanol–water partition coefficient (Wildman–Crippen LogP) is 4.28. The fourth-order valence-electron chi connectivity index (χ4n) is 1.69. The Bertz CT molecular complexity index is 687. The van der Waals surface area contributed by atoms with Gasteiger partial charge in [0.2, 0.25) is 0 Å². The summed E-state index contributed by atoms with van der Waals surface area (Å²) in [6, 6.07) is 4.81. The molecule has 0 heterocycles. The van der Waals surface area contributed by atoms with E-state index in [1.165, 1.54) is 12.1 Å². The van der Waals surface area contributed by atoms with Crippen LogP contribution in [0.1, 0.15) is 5.56 Å². The molecule has 0 atom stereocenters. The van der Waals surface area contributed by atoms with Crippen LogP contribution in [0.25, 0.3) is 0 Å². The van der Waals surface area contributed by atoms with Crippen LogP contribution in [-0.4, -0.2) is 4.92 Å². The van der Waals surface area contributed by atoms with Crippen LogP contribution >= 0.6 is 11.6 Å². The summed E-state index contributed by atoms with van der Waals surface area (Å²) >= 11 is 5.85. The maximum Gasteiger partial charge on any atom is 0.270 e. The minimum Gasteiger partial charge on any atom is -0.376 e. The van der Waals surface area contributed by atoms with Gasteiger partial charge in [-0.15, -0.1) is 0 Å². The normalized spacial score (nSPS) is 10.5. The Labute approximate surface area is 122 Å². The van der Waals surface area contributed by atoms with Crippen LogP contribution in [-0.2, 0) is 6.54 Å². The average Bonchev–Trinajstić information content (AvgIpc) is 2.38. The summed E-state index contributed by atoms with van der Waals surface area (Å²) in [4.78, 5) is 9.95. The van der Waals surface area contributed by atoms with Gasteiger partial charge in [-0.25, -0.2) is 13.2 Å². The quantitative estimate of drug-likeness (QED) is 0.676. The number of nitro groups is 1. The summed E-state index contributed by atoms with van der Waals surface area (Å²) in [6.07, 6.45) is 0. The van der Waals surface area contributed by atoms with Crippen molar-refractivity contribution < 1.29 is 18.1 Å². The third-order valence-electron chi connectivity index (χ3n) is 2.71. The zero-order valence-corrected chi connectivity index (χ0v) is 11.1. The minimum absolute atomic E-state index is 0.0731. The maximum atomic E-state index is 13.4. The summed E-state index contributed by atoms with van der Waals surface area (Å²) in [5, 5.41) is 13.1. The molecule has 1 N–H and O–H groups in total. The van der Waals surface area contributed by atoms with Gasteiger partial charge >= 0.3 is 0 Å². The Hall–Kier alpha value is -2.28. The smallest absolute Gasteiger partial charge is 0.270 e. The van der Waals surface area contributed by atoms with E-state index < -0.39 is 28.1 Å². The van der Waals surface area contributed by atoms with Gasteiger partial charge in [-0.1, -0.05) is 11.6 Å². The lowest BCUT2D eigenvalue weighted by Gasteiger charge is -2.10. The summed E-state index contributed by atoms with van der Waals surface area (Å²) in [7, 11) is 0. The molecule has 8 heteroatoms. The molecule has 2 aromatic carbocycles. The van der Waals surface area contributed by atoms with Gasteiger partial charge in [-0.2, -0.15) is 0 Å². The highest BCUT2D eigenvalue weighted by Crippen LogP contribution is 2.25. The molecule has 0 saturated carbocycles. The molecule has 0 radical (unpaired) electrons. The van der Waals surface area contributed by atoms with Crippen molar-refractivity contribution in [2.75, 3.05) is 5.32 Å². The molecule has 2 rings (SSSR count). The number of nitrogens with zero attached hydrogens (tertiary/aromatic N) is 1. The molecular formula is C13H8ClF3N2O2. The lowest BCUT2D eigenvalue weighted by Crippen LogP contribution is -2.05. The Morgan fingerprint density at radius 1 is 1.14 bits per heavy atom. The first kappa shape index (κ1) is 15.1. The summed E-state index contributed by atoms with van der Waals surface area (Å²) in [5.41, 5.74) is -0.279. The molecule has 0 aliphatic carbocycles. The highest BCUT2D eigenvalue weighted by Gasteiger charge is 2.13. The van der Waals surface area contributed by atoms with Gasteiger partial charge in [-0.3, -0.25) is 10.1 Å². The number of hydrogen-bond acceptors (Lipinski definition) is 3. The maximum absolute atomic E-state index is 13.4. The van der Waals surface area contributed by atoms with Crippen LogP contribution in [0.4, 0.5) is 24.5 Å². The van der Waals surface area contributed by atoms with Crippen molar-refractivity contribution in [2.24, 2.45) is 0 Å².